The third-order valence-corrected chi connectivity index (χ3v) is 3.66. The minimum atomic E-state index is 0.243. The summed E-state index contributed by atoms with van der Waals surface area (Å²) in [7, 11) is 2.09. The van der Waals surface area contributed by atoms with E-state index >= 15 is 0 Å². The average Bonchev–Trinajstić information content (AvgIpc) is 2.79. The zero-order valence-corrected chi connectivity index (χ0v) is 11.1. The third kappa shape index (κ3) is 1.97. The second kappa shape index (κ2) is 4.77. The van der Waals surface area contributed by atoms with Crippen LogP contribution < -0.4 is 0 Å². The molecule has 1 unspecified atom stereocenters. The fraction of sp³-hybridized carbons (Fsp3) is 0.111. The highest BCUT2D eigenvalue weighted by Crippen LogP contribution is 2.32. The number of allylic oxidation sites excluding steroid dienone is 1. The molecule has 1 atom stereocenters. The molecule has 1 heterocycles. The Labute approximate surface area is 113 Å². The van der Waals surface area contributed by atoms with Gasteiger partial charge in [-0.2, -0.15) is 0 Å². The molecule has 3 rings (SSSR count). The first-order chi connectivity index (χ1) is 9.31. The quantitative estimate of drug-likeness (QED) is 0.601. The molecule has 0 saturated carbocycles. The van der Waals surface area contributed by atoms with Gasteiger partial charge in [0, 0.05) is 30.1 Å². The van der Waals surface area contributed by atoms with Gasteiger partial charge in [0.05, 0.1) is 0 Å². The van der Waals surface area contributed by atoms with Crippen molar-refractivity contribution in [3.05, 3.63) is 84.6 Å². The molecule has 0 spiro atoms. The lowest BCUT2D eigenvalue weighted by molar-refractivity contribution is 0.941. The van der Waals surface area contributed by atoms with Gasteiger partial charge in [0.1, 0.15) is 0 Å². The molecule has 0 bridgehead atoms. The van der Waals surface area contributed by atoms with E-state index in [1.807, 2.05) is 12.1 Å². The highest BCUT2D eigenvalue weighted by molar-refractivity contribution is 5.85. The first-order valence-corrected chi connectivity index (χ1v) is 6.52. The van der Waals surface area contributed by atoms with E-state index in [4.69, 9.17) is 0 Å². The lowest BCUT2D eigenvalue weighted by Crippen LogP contribution is -1.96. The maximum atomic E-state index is 4.02. The van der Waals surface area contributed by atoms with Crippen LogP contribution in [0.2, 0.25) is 0 Å². The highest BCUT2D eigenvalue weighted by Gasteiger charge is 2.15. The molecule has 0 radical (unpaired) electrons. The van der Waals surface area contributed by atoms with Gasteiger partial charge in [0.2, 0.25) is 0 Å². The molecule has 0 aliphatic carbocycles. The standard InChI is InChI=1S/C18H17N/c1-3-15(14-9-5-4-6-10-14)17-13-19(2)18-12-8-7-11-16(17)18/h3-13,15H,1H2,2H3. The minimum absolute atomic E-state index is 0.243. The van der Waals surface area contributed by atoms with Crippen molar-refractivity contribution in [1.29, 1.82) is 0 Å². The highest BCUT2D eigenvalue weighted by atomic mass is 14.9. The Balaban J connectivity index is 2.20. The van der Waals surface area contributed by atoms with E-state index in [1.54, 1.807) is 0 Å². The number of nitrogens with zero attached hydrogens (tertiary/aromatic N) is 1. The molecule has 2 aromatic carbocycles. The zero-order valence-electron chi connectivity index (χ0n) is 11.1. The summed E-state index contributed by atoms with van der Waals surface area (Å²) in [4.78, 5) is 0. The second-order valence-electron chi connectivity index (χ2n) is 4.84. The van der Waals surface area contributed by atoms with Crippen LogP contribution in [0.4, 0.5) is 0 Å². The van der Waals surface area contributed by atoms with Crippen LogP contribution in [-0.4, -0.2) is 4.57 Å². The largest absolute Gasteiger partial charge is 0.350 e. The van der Waals surface area contributed by atoms with E-state index in [0.717, 1.165) is 0 Å². The monoisotopic (exact) mass is 247 g/mol. The fourth-order valence-corrected chi connectivity index (χ4v) is 2.72. The fourth-order valence-electron chi connectivity index (χ4n) is 2.72. The molecule has 1 heteroatoms. The van der Waals surface area contributed by atoms with Crippen molar-refractivity contribution in [3.63, 3.8) is 0 Å². The molecule has 0 aliphatic heterocycles. The Hall–Kier alpha value is -2.28. The Kier molecular flexibility index (Phi) is 2.96. The number of benzene rings is 2. The molecule has 94 valence electrons. The Morgan fingerprint density at radius 2 is 1.68 bits per heavy atom. The summed E-state index contributed by atoms with van der Waals surface area (Å²) in [5, 5.41) is 1.30. The first-order valence-electron chi connectivity index (χ1n) is 6.52. The summed E-state index contributed by atoms with van der Waals surface area (Å²) >= 11 is 0. The van der Waals surface area contributed by atoms with Gasteiger partial charge >= 0.3 is 0 Å². The number of para-hydroxylation sites is 1. The molecule has 0 amide bonds. The Morgan fingerprint density at radius 1 is 1.00 bits per heavy atom. The predicted molar refractivity (Wildman–Crippen MR) is 81.4 cm³/mol. The van der Waals surface area contributed by atoms with Gasteiger partial charge in [0.25, 0.3) is 0 Å². The number of aryl methyl sites for hydroxylation is 1. The molecular formula is C18H17N. The van der Waals surface area contributed by atoms with E-state index in [9.17, 15) is 0 Å². The second-order valence-corrected chi connectivity index (χ2v) is 4.84. The van der Waals surface area contributed by atoms with Gasteiger partial charge in [0.15, 0.2) is 0 Å². The van der Waals surface area contributed by atoms with Crippen LogP contribution in [0.15, 0.2) is 73.4 Å². The number of aromatic nitrogens is 1. The molecule has 0 aliphatic rings. The van der Waals surface area contributed by atoms with Crippen molar-refractivity contribution >= 4 is 10.9 Å². The van der Waals surface area contributed by atoms with Crippen LogP contribution in [0, 0.1) is 0 Å². The van der Waals surface area contributed by atoms with Crippen LogP contribution >= 0.6 is 0 Å². The van der Waals surface area contributed by atoms with Gasteiger partial charge in [-0.25, -0.2) is 0 Å². The normalized spacial score (nSPS) is 12.5. The molecule has 19 heavy (non-hydrogen) atoms. The predicted octanol–water partition coefficient (Wildman–Crippen LogP) is 4.50. The van der Waals surface area contributed by atoms with Gasteiger partial charge in [-0.15, -0.1) is 6.58 Å². The molecule has 1 aromatic heterocycles. The molecule has 0 fully saturated rings. The third-order valence-electron chi connectivity index (χ3n) is 3.66. The summed E-state index contributed by atoms with van der Waals surface area (Å²) < 4.78 is 2.18. The summed E-state index contributed by atoms with van der Waals surface area (Å²) in [6.45, 7) is 4.02. The average molecular weight is 247 g/mol. The Morgan fingerprint density at radius 3 is 2.42 bits per heavy atom. The van der Waals surface area contributed by atoms with Gasteiger partial charge < -0.3 is 4.57 Å². The maximum absolute atomic E-state index is 4.02. The van der Waals surface area contributed by atoms with Crippen molar-refractivity contribution in [3.8, 4) is 0 Å². The summed E-state index contributed by atoms with van der Waals surface area (Å²) in [6.07, 6.45) is 4.24. The van der Waals surface area contributed by atoms with Gasteiger partial charge in [-0.1, -0.05) is 54.6 Å². The number of hydrogen-bond donors (Lipinski definition) is 0. The van der Waals surface area contributed by atoms with Gasteiger partial charge in [-0.3, -0.25) is 0 Å². The molecule has 1 nitrogen and oxygen atoms in total. The number of hydrogen-bond acceptors (Lipinski definition) is 0. The van der Waals surface area contributed by atoms with Crippen molar-refractivity contribution in [2.45, 2.75) is 5.92 Å². The van der Waals surface area contributed by atoms with E-state index < -0.39 is 0 Å². The van der Waals surface area contributed by atoms with Gasteiger partial charge in [-0.05, 0) is 17.2 Å². The minimum Gasteiger partial charge on any atom is -0.350 e. The molecule has 0 saturated heterocycles. The summed E-state index contributed by atoms with van der Waals surface area (Å²) in [6, 6.07) is 19.0. The maximum Gasteiger partial charge on any atom is 0.0480 e. The van der Waals surface area contributed by atoms with Crippen LogP contribution in [0.3, 0.4) is 0 Å². The number of fused-ring (bicyclic) bond motifs is 1. The number of rotatable bonds is 3. The van der Waals surface area contributed by atoms with Crippen molar-refractivity contribution < 1.29 is 0 Å². The van der Waals surface area contributed by atoms with Crippen LogP contribution in [0.1, 0.15) is 17.0 Å². The topological polar surface area (TPSA) is 4.93 Å². The van der Waals surface area contributed by atoms with E-state index in [0.29, 0.717) is 0 Å². The zero-order chi connectivity index (χ0) is 13.2. The van der Waals surface area contributed by atoms with Crippen molar-refractivity contribution in [1.82, 2.24) is 4.57 Å². The van der Waals surface area contributed by atoms with E-state index in [2.05, 4.69) is 72.9 Å². The molecule has 0 N–H and O–H groups in total. The van der Waals surface area contributed by atoms with Crippen LogP contribution in [0.25, 0.3) is 10.9 Å². The summed E-state index contributed by atoms with van der Waals surface area (Å²) in [5.74, 6) is 0.243. The lowest BCUT2D eigenvalue weighted by Gasteiger charge is -2.12. The van der Waals surface area contributed by atoms with Crippen LogP contribution in [0.5, 0.6) is 0 Å². The van der Waals surface area contributed by atoms with E-state index in [1.165, 1.54) is 22.0 Å². The smallest absolute Gasteiger partial charge is 0.0480 e. The summed E-state index contributed by atoms with van der Waals surface area (Å²) in [5.41, 5.74) is 3.87. The Bertz CT molecular complexity index is 707. The van der Waals surface area contributed by atoms with Crippen molar-refractivity contribution in [2.75, 3.05) is 0 Å². The molecular weight excluding hydrogens is 230 g/mol. The SMILES string of the molecule is C=CC(c1ccccc1)c1cn(C)c2ccccc12. The molecule has 3 aromatic rings. The lowest BCUT2D eigenvalue weighted by atomic mass is 9.91. The van der Waals surface area contributed by atoms with Crippen molar-refractivity contribution in [2.24, 2.45) is 7.05 Å². The van der Waals surface area contributed by atoms with Crippen LogP contribution in [-0.2, 0) is 7.05 Å². The first kappa shape index (κ1) is 11.8. The van der Waals surface area contributed by atoms with E-state index in [-0.39, 0.29) is 5.92 Å².